The van der Waals surface area contributed by atoms with E-state index >= 15 is 0 Å². The van der Waals surface area contributed by atoms with Crippen LogP contribution in [0.25, 0.3) is 11.1 Å². The number of rotatable bonds is 11. The number of hydrogen-bond donors (Lipinski definition) is 1. The highest BCUT2D eigenvalue weighted by Crippen LogP contribution is 2.35. The zero-order chi connectivity index (χ0) is 31.5. The molecule has 0 atom stereocenters. The molecule has 10 nitrogen and oxygen atoms in total. The van der Waals surface area contributed by atoms with Crippen molar-refractivity contribution in [1.82, 2.24) is 4.90 Å². The van der Waals surface area contributed by atoms with Gasteiger partial charge in [0.25, 0.3) is 11.8 Å². The van der Waals surface area contributed by atoms with Crippen molar-refractivity contribution in [3.05, 3.63) is 77.4 Å². The number of amides is 2. The summed E-state index contributed by atoms with van der Waals surface area (Å²) in [6.45, 7) is 6.98. The van der Waals surface area contributed by atoms with E-state index in [0.29, 0.717) is 43.0 Å². The predicted molar refractivity (Wildman–Crippen MR) is 170 cm³/mol. The summed E-state index contributed by atoms with van der Waals surface area (Å²) < 4.78 is 42.5. The van der Waals surface area contributed by atoms with Crippen molar-refractivity contribution in [2.24, 2.45) is 5.41 Å². The maximum absolute atomic E-state index is 13.6. The van der Waals surface area contributed by atoms with Crippen molar-refractivity contribution in [3.63, 3.8) is 0 Å². The van der Waals surface area contributed by atoms with Gasteiger partial charge in [-0.15, -0.1) is 0 Å². The van der Waals surface area contributed by atoms with Crippen LogP contribution in [0.3, 0.4) is 0 Å². The van der Waals surface area contributed by atoms with E-state index in [0.717, 1.165) is 42.5 Å². The first-order valence-corrected chi connectivity index (χ1v) is 16.5. The summed E-state index contributed by atoms with van der Waals surface area (Å²) in [5.41, 5.74) is 5.06. The molecule has 234 valence electrons. The lowest BCUT2D eigenvalue weighted by Gasteiger charge is -2.29. The van der Waals surface area contributed by atoms with E-state index < -0.39 is 10.0 Å². The molecule has 44 heavy (non-hydrogen) atoms. The summed E-state index contributed by atoms with van der Waals surface area (Å²) >= 11 is 0. The Hall–Kier alpha value is -3.93. The van der Waals surface area contributed by atoms with E-state index in [1.165, 1.54) is 0 Å². The van der Waals surface area contributed by atoms with E-state index in [-0.39, 0.29) is 35.5 Å². The highest BCUT2D eigenvalue weighted by Gasteiger charge is 2.32. The Morgan fingerprint density at radius 2 is 1.73 bits per heavy atom. The summed E-state index contributed by atoms with van der Waals surface area (Å²) in [7, 11) is -2.05. The molecule has 0 radical (unpaired) electrons. The van der Waals surface area contributed by atoms with Gasteiger partial charge in [0.05, 0.1) is 25.2 Å². The molecule has 1 fully saturated rings. The Bertz CT molecular complexity index is 1640. The summed E-state index contributed by atoms with van der Waals surface area (Å²) in [6, 6.07) is 18.4. The minimum atomic E-state index is -3.61. The number of hydrogen-bond acceptors (Lipinski definition) is 7. The van der Waals surface area contributed by atoms with Crippen LogP contribution >= 0.6 is 0 Å². The fourth-order valence-electron chi connectivity index (χ4n) is 5.59. The SMILES string of the molecule is COCCOCOc1ccc(N2CCc3cc(-c4ccc(C(=O)N5CCC(C)(C)C5)cc4)ccc3C2=O)cc1NS(C)(=O)=O. The molecule has 1 saturated heterocycles. The lowest BCUT2D eigenvalue weighted by molar-refractivity contribution is -0.00814. The molecular weight excluding hydrogens is 582 g/mol. The fraction of sp³-hybridized carbons (Fsp3) is 0.394. The zero-order valence-electron chi connectivity index (χ0n) is 25.6. The Morgan fingerprint density at radius 1 is 0.977 bits per heavy atom. The molecule has 0 saturated carbocycles. The number of nitrogens with one attached hydrogen (secondary N) is 1. The van der Waals surface area contributed by atoms with Gasteiger partial charge in [0.15, 0.2) is 6.79 Å². The van der Waals surface area contributed by atoms with Gasteiger partial charge in [-0.3, -0.25) is 14.3 Å². The van der Waals surface area contributed by atoms with Gasteiger partial charge >= 0.3 is 0 Å². The number of carbonyl (C=O) groups excluding carboxylic acids is 2. The monoisotopic (exact) mass is 621 g/mol. The number of likely N-dealkylation sites (tertiary alicyclic amines) is 1. The van der Waals surface area contributed by atoms with Crippen molar-refractivity contribution >= 4 is 33.2 Å². The van der Waals surface area contributed by atoms with Gasteiger partial charge in [-0.2, -0.15) is 0 Å². The van der Waals surface area contributed by atoms with Crippen molar-refractivity contribution in [1.29, 1.82) is 0 Å². The van der Waals surface area contributed by atoms with Crippen LogP contribution in [0.4, 0.5) is 11.4 Å². The highest BCUT2D eigenvalue weighted by atomic mass is 32.2. The predicted octanol–water partition coefficient (Wildman–Crippen LogP) is 4.80. The summed E-state index contributed by atoms with van der Waals surface area (Å²) in [5.74, 6) is 0.167. The van der Waals surface area contributed by atoms with Gasteiger partial charge < -0.3 is 24.0 Å². The average molecular weight is 622 g/mol. The van der Waals surface area contributed by atoms with E-state index in [9.17, 15) is 18.0 Å². The van der Waals surface area contributed by atoms with Crippen LogP contribution in [0.2, 0.25) is 0 Å². The molecule has 5 rings (SSSR count). The molecule has 1 N–H and O–H groups in total. The van der Waals surface area contributed by atoms with Crippen LogP contribution in [0.1, 0.15) is 46.5 Å². The second kappa shape index (κ2) is 13.0. The Balaban J connectivity index is 1.31. The third-order valence-electron chi connectivity index (χ3n) is 7.92. The average Bonchev–Trinajstić information content (AvgIpc) is 3.36. The molecular formula is C33H39N3O7S. The Labute approximate surface area is 259 Å². The third-order valence-corrected chi connectivity index (χ3v) is 8.51. The number of anilines is 2. The Morgan fingerprint density at radius 3 is 2.41 bits per heavy atom. The Kier molecular flexibility index (Phi) is 9.28. The molecule has 2 heterocycles. The van der Waals surface area contributed by atoms with Crippen LogP contribution < -0.4 is 14.4 Å². The van der Waals surface area contributed by atoms with Gasteiger partial charge in [0.1, 0.15) is 5.75 Å². The van der Waals surface area contributed by atoms with Gasteiger partial charge in [-0.25, -0.2) is 8.42 Å². The smallest absolute Gasteiger partial charge is 0.258 e. The van der Waals surface area contributed by atoms with E-state index in [2.05, 4.69) is 18.6 Å². The quantitative estimate of drug-likeness (QED) is 0.242. The number of sulfonamides is 1. The lowest BCUT2D eigenvalue weighted by Crippen LogP contribution is -2.37. The normalized spacial score (nSPS) is 16.1. The summed E-state index contributed by atoms with van der Waals surface area (Å²) in [5, 5.41) is 0. The van der Waals surface area contributed by atoms with Crippen LogP contribution in [-0.4, -0.2) is 78.1 Å². The molecule has 3 aromatic rings. The molecule has 2 aliphatic rings. The van der Waals surface area contributed by atoms with Crippen molar-refractivity contribution in [2.45, 2.75) is 26.7 Å². The number of benzene rings is 3. The van der Waals surface area contributed by atoms with Gasteiger partial charge in [0, 0.05) is 43.6 Å². The molecule has 3 aromatic carbocycles. The first-order chi connectivity index (χ1) is 20.9. The van der Waals surface area contributed by atoms with Crippen molar-refractivity contribution < 1.29 is 32.2 Å². The third kappa shape index (κ3) is 7.40. The molecule has 0 spiro atoms. The fourth-order valence-corrected chi connectivity index (χ4v) is 6.14. The first-order valence-electron chi connectivity index (χ1n) is 14.6. The number of ether oxygens (including phenoxy) is 3. The summed E-state index contributed by atoms with van der Waals surface area (Å²) in [6.07, 6.45) is 2.68. The maximum Gasteiger partial charge on any atom is 0.258 e. The maximum atomic E-state index is 13.6. The van der Waals surface area contributed by atoms with Crippen molar-refractivity contribution in [3.8, 4) is 16.9 Å². The van der Waals surface area contributed by atoms with Crippen LogP contribution in [-0.2, 0) is 25.9 Å². The second-order valence-corrected chi connectivity index (χ2v) is 13.8. The minimum Gasteiger partial charge on any atom is -0.465 e. The number of fused-ring (bicyclic) bond motifs is 1. The van der Waals surface area contributed by atoms with Crippen molar-refractivity contribution in [2.75, 3.05) is 62.6 Å². The number of methoxy groups -OCH3 is 1. The van der Waals surface area contributed by atoms with E-state index in [4.69, 9.17) is 14.2 Å². The standard InChI is InChI=1S/C33H39N3O7S/c1-33(2)14-16-35(21-33)31(37)24-7-5-23(6-8-24)25-9-11-28-26(19-25)13-15-36(32(28)38)27-10-12-30(43-22-42-18-17-41-3)29(20-27)34-44(4,39)40/h5-12,19-20,34H,13-18,21-22H2,1-4H3. The molecule has 0 aliphatic carbocycles. The second-order valence-electron chi connectivity index (χ2n) is 12.0. The first kappa shape index (κ1) is 31.5. The lowest BCUT2D eigenvalue weighted by atomic mass is 9.93. The molecule has 0 unspecified atom stereocenters. The van der Waals surface area contributed by atoms with Gasteiger partial charge in [-0.1, -0.05) is 38.1 Å². The number of nitrogens with zero attached hydrogens (tertiary/aromatic N) is 2. The highest BCUT2D eigenvalue weighted by molar-refractivity contribution is 7.92. The largest absolute Gasteiger partial charge is 0.465 e. The number of carbonyl (C=O) groups is 2. The van der Waals surface area contributed by atoms with E-state index in [1.54, 1.807) is 30.2 Å². The van der Waals surface area contributed by atoms with Gasteiger partial charge in [0.2, 0.25) is 10.0 Å². The molecule has 11 heteroatoms. The van der Waals surface area contributed by atoms with E-state index in [1.807, 2.05) is 47.4 Å². The summed E-state index contributed by atoms with van der Waals surface area (Å²) in [4.78, 5) is 30.1. The van der Waals surface area contributed by atoms with Crippen LogP contribution in [0.15, 0.2) is 60.7 Å². The van der Waals surface area contributed by atoms with Crippen LogP contribution in [0, 0.1) is 5.41 Å². The van der Waals surface area contributed by atoms with Gasteiger partial charge in [-0.05, 0) is 71.3 Å². The molecule has 0 aromatic heterocycles. The zero-order valence-corrected chi connectivity index (χ0v) is 26.4. The molecule has 2 aliphatic heterocycles. The molecule has 2 amide bonds. The minimum absolute atomic E-state index is 0.0585. The molecule has 0 bridgehead atoms. The topological polar surface area (TPSA) is 114 Å². The van der Waals surface area contributed by atoms with Crippen LogP contribution in [0.5, 0.6) is 5.75 Å².